The van der Waals surface area contributed by atoms with Gasteiger partial charge in [0.25, 0.3) is 0 Å². The highest BCUT2D eigenvalue weighted by Crippen LogP contribution is 2.24. The van der Waals surface area contributed by atoms with Crippen molar-refractivity contribution in [3.8, 4) is 6.07 Å². The van der Waals surface area contributed by atoms with Gasteiger partial charge < -0.3 is 15.9 Å². The van der Waals surface area contributed by atoms with Gasteiger partial charge in [0.2, 0.25) is 0 Å². The fraction of sp³-hybridized carbons (Fsp3) is 0.833. The first-order valence-electron chi connectivity index (χ1n) is 3.18. The summed E-state index contributed by atoms with van der Waals surface area (Å²) in [6.07, 6.45) is -1.30. The van der Waals surface area contributed by atoms with E-state index in [0.29, 0.717) is 6.42 Å². The van der Waals surface area contributed by atoms with Gasteiger partial charge in [-0.1, -0.05) is 0 Å². The van der Waals surface area contributed by atoms with Gasteiger partial charge in [-0.2, -0.15) is 5.26 Å². The van der Waals surface area contributed by atoms with Crippen LogP contribution in [0.2, 0.25) is 0 Å². The van der Waals surface area contributed by atoms with Crippen LogP contribution in [0.25, 0.3) is 0 Å². The maximum absolute atomic E-state index is 9.12. The van der Waals surface area contributed by atoms with Gasteiger partial charge in [-0.25, -0.2) is 0 Å². The third-order valence-electron chi connectivity index (χ3n) is 1.88. The Morgan fingerprint density at radius 3 is 2.30 bits per heavy atom. The number of nitriles is 1. The molecule has 4 atom stereocenters. The third kappa shape index (κ3) is 0.991. The first-order chi connectivity index (χ1) is 4.66. The topological polar surface area (TPSA) is 90.3 Å². The molecule has 0 amide bonds. The molecule has 1 saturated carbocycles. The summed E-state index contributed by atoms with van der Waals surface area (Å²) in [6, 6.07) is 1.37. The second-order valence-corrected chi connectivity index (χ2v) is 2.61. The molecule has 0 spiro atoms. The molecule has 0 aromatic carbocycles. The number of aliphatic hydroxyl groups is 2. The molecule has 1 aliphatic carbocycles. The van der Waals surface area contributed by atoms with Crippen LogP contribution in [-0.2, 0) is 0 Å². The summed E-state index contributed by atoms with van der Waals surface area (Å²) >= 11 is 0. The molecular formula is C6H10N2O2. The normalized spacial score (nSPS) is 47.0. The van der Waals surface area contributed by atoms with E-state index in [1.807, 2.05) is 6.07 Å². The summed E-state index contributed by atoms with van der Waals surface area (Å²) in [6.45, 7) is 0. The fourth-order valence-corrected chi connectivity index (χ4v) is 1.22. The number of hydrogen-bond acceptors (Lipinski definition) is 4. The van der Waals surface area contributed by atoms with E-state index >= 15 is 0 Å². The Bertz CT molecular complexity index is 166. The van der Waals surface area contributed by atoms with Gasteiger partial charge in [-0.15, -0.1) is 0 Å². The Kier molecular flexibility index (Phi) is 1.90. The molecule has 4 nitrogen and oxygen atoms in total. The van der Waals surface area contributed by atoms with E-state index in [1.165, 1.54) is 0 Å². The van der Waals surface area contributed by atoms with E-state index in [0.717, 1.165) is 0 Å². The number of hydrogen-bond donors (Lipinski definition) is 3. The molecule has 0 radical (unpaired) electrons. The van der Waals surface area contributed by atoms with Crippen LogP contribution in [0.1, 0.15) is 6.42 Å². The number of rotatable bonds is 0. The van der Waals surface area contributed by atoms with Crippen molar-refractivity contribution in [1.29, 1.82) is 5.26 Å². The Morgan fingerprint density at radius 1 is 1.50 bits per heavy atom. The van der Waals surface area contributed by atoms with Crippen LogP contribution >= 0.6 is 0 Å². The Hall–Kier alpha value is -0.630. The molecule has 0 aliphatic heterocycles. The largest absolute Gasteiger partial charge is 0.392 e. The van der Waals surface area contributed by atoms with Crippen LogP contribution in [0.5, 0.6) is 0 Å². The van der Waals surface area contributed by atoms with Crippen LogP contribution in [-0.4, -0.2) is 28.5 Å². The molecule has 0 heterocycles. The van der Waals surface area contributed by atoms with E-state index < -0.39 is 24.2 Å². The standard InChI is InChI=1S/C6H10N2O2/c7-2-3-5(9)1-4(8)6(3)10/h3-6,9-10H,1,8H2. The predicted octanol–water partition coefficient (Wildman–Crippen LogP) is -1.42. The van der Waals surface area contributed by atoms with Crippen molar-refractivity contribution in [1.82, 2.24) is 0 Å². The van der Waals surface area contributed by atoms with Gasteiger partial charge in [0.1, 0.15) is 0 Å². The zero-order valence-electron chi connectivity index (χ0n) is 5.44. The summed E-state index contributed by atoms with van der Waals surface area (Å²) in [5.41, 5.74) is 5.37. The van der Waals surface area contributed by atoms with E-state index in [9.17, 15) is 0 Å². The zero-order chi connectivity index (χ0) is 7.72. The summed E-state index contributed by atoms with van der Waals surface area (Å²) in [5.74, 6) is -0.699. The molecule has 0 saturated heterocycles. The molecule has 56 valence electrons. The van der Waals surface area contributed by atoms with Crippen LogP contribution in [0.3, 0.4) is 0 Å². The lowest BCUT2D eigenvalue weighted by atomic mass is 10.1. The molecule has 0 bridgehead atoms. The Labute approximate surface area is 58.9 Å². The summed E-state index contributed by atoms with van der Waals surface area (Å²) in [7, 11) is 0. The summed E-state index contributed by atoms with van der Waals surface area (Å²) in [5, 5.41) is 26.6. The minimum absolute atomic E-state index is 0.319. The van der Waals surface area contributed by atoms with Crippen molar-refractivity contribution in [3.63, 3.8) is 0 Å². The lowest BCUT2D eigenvalue weighted by Gasteiger charge is -2.09. The van der Waals surface area contributed by atoms with Crippen LogP contribution in [0, 0.1) is 17.2 Å². The van der Waals surface area contributed by atoms with Gasteiger partial charge in [-0.3, -0.25) is 0 Å². The van der Waals surface area contributed by atoms with Crippen LogP contribution in [0.4, 0.5) is 0 Å². The first kappa shape index (κ1) is 7.48. The van der Waals surface area contributed by atoms with E-state index in [4.69, 9.17) is 21.2 Å². The van der Waals surface area contributed by atoms with Gasteiger partial charge in [0.15, 0.2) is 0 Å². The second kappa shape index (κ2) is 2.54. The maximum atomic E-state index is 9.12. The second-order valence-electron chi connectivity index (χ2n) is 2.61. The van der Waals surface area contributed by atoms with E-state index in [-0.39, 0.29) is 0 Å². The van der Waals surface area contributed by atoms with Crippen LogP contribution in [0.15, 0.2) is 0 Å². The first-order valence-corrected chi connectivity index (χ1v) is 3.18. The molecule has 4 N–H and O–H groups in total. The average Bonchev–Trinajstić information content (AvgIpc) is 2.09. The Balaban J connectivity index is 2.66. The van der Waals surface area contributed by atoms with Crippen molar-refractivity contribution in [3.05, 3.63) is 0 Å². The molecule has 0 aromatic heterocycles. The van der Waals surface area contributed by atoms with Crippen molar-refractivity contribution in [2.24, 2.45) is 11.7 Å². The smallest absolute Gasteiger partial charge is 0.0996 e. The van der Waals surface area contributed by atoms with Crippen molar-refractivity contribution < 1.29 is 10.2 Å². The lowest BCUT2D eigenvalue weighted by Crippen LogP contribution is -2.32. The van der Waals surface area contributed by atoms with E-state index in [1.54, 1.807) is 0 Å². The summed E-state index contributed by atoms with van der Waals surface area (Å²) in [4.78, 5) is 0. The van der Waals surface area contributed by atoms with Crippen molar-refractivity contribution >= 4 is 0 Å². The minimum Gasteiger partial charge on any atom is -0.392 e. The SMILES string of the molecule is N#CC1C(O)CC(N)C1O. The maximum Gasteiger partial charge on any atom is 0.0996 e. The highest BCUT2D eigenvalue weighted by atomic mass is 16.3. The minimum atomic E-state index is -0.861. The van der Waals surface area contributed by atoms with Gasteiger partial charge in [-0.05, 0) is 6.42 Å². The van der Waals surface area contributed by atoms with Crippen molar-refractivity contribution in [2.45, 2.75) is 24.7 Å². The monoisotopic (exact) mass is 142 g/mol. The van der Waals surface area contributed by atoms with Gasteiger partial charge in [0, 0.05) is 6.04 Å². The molecule has 1 rings (SSSR count). The third-order valence-corrected chi connectivity index (χ3v) is 1.88. The zero-order valence-corrected chi connectivity index (χ0v) is 5.44. The van der Waals surface area contributed by atoms with Gasteiger partial charge in [0.05, 0.1) is 24.2 Å². The fourth-order valence-electron chi connectivity index (χ4n) is 1.22. The molecular weight excluding hydrogens is 132 g/mol. The molecule has 10 heavy (non-hydrogen) atoms. The molecule has 4 unspecified atom stereocenters. The average molecular weight is 142 g/mol. The number of aliphatic hydroxyl groups excluding tert-OH is 2. The highest BCUT2D eigenvalue weighted by Gasteiger charge is 2.39. The molecule has 4 heteroatoms. The quantitative estimate of drug-likeness (QED) is 0.387. The van der Waals surface area contributed by atoms with Crippen molar-refractivity contribution in [2.75, 3.05) is 0 Å². The molecule has 0 aromatic rings. The lowest BCUT2D eigenvalue weighted by molar-refractivity contribution is 0.0922. The van der Waals surface area contributed by atoms with Crippen LogP contribution < -0.4 is 5.73 Å². The molecule has 1 aliphatic rings. The van der Waals surface area contributed by atoms with E-state index in [2.05, 4.69) is 0 Å². The highest BCUT2D eigenvalue weighted by molar-refractivity contribution is 5.03. The summed E-state index contributed by atoms with van der Waals surface area (Å²) < 4.78 is 0. The van der Waals surface area contributed by atoms with Gasteiger partial charge >= 0.3 is 0 Å². The predicted molar refractivity (Wildman–Crippen MR) is 33.7 cm³/mol. The Morgan fingerprint density at radius 2 is 2.10 bits per heavy atom. The number of nitrogens with two attached hydrogens (primary N) is 1. The molecule has 1 fully saturated rings. The number of nitrogens with zero attached hydrogens (tertiary/aromatic N) is 1.